The highest BCUT2D eigenvalue weighted by atomic mass is 35.5. The van der Waals surface area contributed by atoms with Gasteiger partial charge in [0, 0.05) is 7.05 Å². The second kappa shape index (κ2) is 8.12. The number of para-hydroxylation sites is 1. The van der Waals surface area contributed by atoms with E-state index in [4.69, 9.17) is 4.74 Å². The van der Waals surface area contributed by atoms with Crippen molar-refractivity contribution < 1.29 is 9.53 Å². The Bertz CT molecular complexity index is 434. The van der Waals surface area contributed by atoms with Crippen LogP contribution in [0.4, 0.5) is 0 Å². The maximum Gasteiger partial charge on any atom is 0.239 e. The minimum absolute atomic E-state index is 0. The van der Waals surface area contributed by atoms with E-state index in [-0.39, 0.29) is 24.4 Å². The van der Waals surface area contributed by atoms with E-state index >= 15 is 0 Å². The highest BCUT2D eigenvalue weighted by Gasteiger charge is 2.24. The van der Waals surface area contributed by atoms with Crippen molar-refractivity contribution in [2.75, 3.05) is 26.7 Å². The molecule has 4 nitrogen and oxygen atoms in total. The van der Waals surface area contributed by atoms with E-state index < -0.39 is 0 Å². The predicted molar refractivity (Wildman–Crippen MR) is 82.6 cm³/mol. The number of hydrogen-bond donors (Lipinski definition) is 1. The van der Waals surface area contributed by atoms with E-state index in [9.17, 15) is 4.79 Å². The van der Waals surface area contributed by atoms with Gasteiger partial charge < -0.3 is 15.0 Å². The Balaban J connectivity index is 0.00000200. The van der Waals surface area contributed by atoms with Gasteiger partial charge in [0.05, 0.1) is 12.6 Å². The first-order chi connectivity index (χ1) is 9.18. The number of nitrogens with zero attached hydrogens (tertiary/aromatic N) is 1. The molecule has 0 saturated carbocycles. The Morgan fingerprint density at radius 3 is 2.85 bits per heavy atom. The molecule has 1 atom stereocenters. The van der Waals surface area contributed by atoms with Crippen LogP contribution in [0.1, 0.15) is 18.4 Å². The van der Waals surface area contributed by atoms with Gasteiger partial charge in [-0.2, -0.15) is 0 Å². The van der Waals surface area contributed by atoms with Crippen molar-refractivity contribution >= 4 is 18.3 Å². The lowest BCUT2D eigenvalue weighted by atomic mass is 10.2. The molecule has 1 unspecified atom stereocenters. The van der Waals surface area contributed by atoms with Gasteiger partial charge in [0.2, 0.25) is 5.91 Å². The van der Waals surface area contributed by atoms with Gasteiger partial charge in [-0.1, -0.05) is 18.2 Å². The highest BCUT2D eigenvalue weighted by Crippen LogP contribution is 2.16. The fourth-order valence-corrected chi connectivity index (χ4v) is 2.28. The number of aryl methyl sites for hydroxylation is 1. The van der Waals surface area contributed by atoms with E-state index in [1.165, 1.54) is 0 Å². The summed E-state index contributed by atoms with van der Waals surface area (Å²) >= 11 is 0. The predicted octanol–water partition coefficient (Wildman–Crippen LogP) is 2.01. The first kappa shape index (κ1) is 16.8. The van der Waals surface area contributed by atoms with Gasteiger partial charge in [-0.05, 0) is 37.9 Å². The van der Waals surface area contributed by atoms with E-state index in [1.807, 2.05) is 38.2 Å². The molecule has 1 amide bonds. The third-order valence-electron chi connectivity index (χ3n) is 3.51. The third-order valence-corrected chi connectivity index (χ3v) is 3.51. The van der Waals surface area contributed by atoms with Crippen LogP contribution < -0.4 is 10.1 Å². The number of nitrogens with one attached hydrogen (secondary N) is 1. The smallest absolute Gasteiger partial charge is 0.239 e. The minimum atomic E-state index is 0. The van der Waals surface area contributed by atoms with Crippen molar-refractivity contribution in [3.63, 3.8) is 0 Å². The molecule has 1 aromatic rings. The maximum absolute atomic E-state index is 12.1. The van der Waals surface area contributed by atoms with Crippen molar-refractivity contribution in [3.8, 4) is 5.75 Å². The zero-order valence-corrected chi connectivity index (χ0v) is 12.9. The Labute approximate surface area is 126 Å². The molecule has 20 heavy (non-hydrogen) atoms. The van der Waals surface area contributed by atoms with Crippen LogP contribution in [0.25, 0.3) is 0 Å². The summed E-state index contributed by atoms with van der Waals surface area (Å²) in [4.78, 5) is 13.8. The number of amides is 1. The molecule has 1 fully saturated rings. The number of ether oxygens (including phenoxy) is 1. The summed E-state index contributed by atoms with van der Waals surface area (Å²) in [5.74, 6) is 1.06. The molecular formula is C15H23ClN2O2. The monoisotopic (exact) mass is 298 g/mol. The van der Waals surface area contributed by atoms with Crippen LogP contribution >= 0.6 is 12.4 Å². The number of benzene rings is 1. The molecule has 0 radical (unpaired) electrons. The SMILES string of the molecule is Cc1ccccc1OCCN(C)C(=O)C1CCCN1.Cl. The Kier molecular flexibility index (Phi) is 6.82. The van der Waals surface area contributed by atoms with Crippen LogP contribution in [-0.2, 0) is 4.79 Å². The zero-order chi connectivity index (χ0) is 13.7. The second-order valence-corrected chi connectivity index (χ2v) is 5.02. The number of rotatable bonds is 5. The first-order valence-corrected chi connectivity index (χ1v) is 6.85. The van der Waals surface area contributed by atoms with Gasteiger partial charge in [-0.25, -0.2) is 0 Å². The average Bonchev–Trinajstić information content (AvgIpc) is 2.94. The van der Waals surface area contributed by atoms with Gasteiger partial charge in [0.25, 0.3) is 0 Å². The summed E-state index contributed by atoms with van der Waals surface area (Å²) in [7, 11) is 1.84. The summed E-state index contributed by atoms with van der Waals surface area (Å²) in [5, 5.41) is 3.22. The van der Waals surface area contributed by atoms with Crippen LogP contribution in [0.15, 0.2) is 24.3 Å². The third kappa shape index (κ3) is 4.39. The lowest BCUT2D eigenvalue weighted by molar-refractivity contribution is -0.132. The fourth-order valence-electron chi connectivity index (χ4n) is 2.28. The van der Waals surface area contributed by atoms with E-state index in [1.54, 1.807) is 4.90 Å². The van der Waals surface area contributed by atoms with Crippen molar-refractivity contribution in [2.45, 2.75) is 25.8 Å². The Morgan fingerprint density at radius 2 is 2.20 bits per heavy atom. The quantitative estimate of drug-likeness (QED) is 0.904. The number of likely N-dealkylation sites (N-methyl/N-ethyl adjacent to an activating group) is 1. The fraction of sp³-hybridized carbons (Fsp3) is 0.533. The Hall–Kier alpha value is -1.26. The van der Waals surface area contributed by atoms with E-state index in [0.29, 0.717) is 13.2 Å². The Morgan fingerprint density at radius 1 is 1.45 bits per heavy atom. The minimum Gasteiger partial charge on any atom is -0.491 e. The largest absolute Gasteiger partial charge is 0.491 e. The molecule has 1 heterocycles. The average molecular weight is 299 g/mol. The molecule has 1 aliphatic rings. The van der Waals surface area contributed by atoms with Crippen molar-refractivity contribution in [1.29, 1.82) is 0 Å². The van der Waals surface area contributed by atoms with Gasteiger partial charge in [-0.3, -0.25) is 4.79 Å². The zero-order valence-electron chi connectivity index (χ0n) is 12.1. The number of hydrogen-bond acceptors (Lipinski definition) is 3. The maximum atomic E-state index is 12.1. The van der Waals surface area contributed by atoms with Gasteiger partial charge in [-0.15, -0.1) is 12.4 Å². The summed E-state index contributed by atoms with van der Waals surface area (Å²) in [5.41, 5.74) is 1.12. The summed E-state index contributed by atoms with van der Waals surface area (Å²) in [6, 6.07) is 7.93. The topological polar surface area (TPSA) is 41.6 Å². The van der Waals surface area contributed by atoms with Crippen LogP contribution in [0, 0.1) is 6.92 Å². The molecule has 1 aliphatic heterocycles. The van der Waals surface area contributed by atoms with Crippen LogP contribution in [0.2, 0.25) is 0 Å². The van der Waals surface area contributed by atoms with Crippen molar-refractivity contribution in [1.82, 2.24) is 10.2 Å². The number of carbonyl (C=O) groups is 1. The van der Waals surface area contributed by atoms with Crippen molar-refractivity contribution in [2.24, 2.45) is 0 Å². The summed E-state index contributed by atoms with van der Waals surface area (Å²) in [6.07, 6.45) is 2.03. The number of halogens is 1. The van der Waals surface area contributed by atoms with Gasteiger partial charge in [0.1, 0.15) is 12.4 Å². The molecule has 5 heteroatoms. The van der Waals surface area contributed by atoms with E-state index in [2.05, 4.69) is 5.32 Å². The lowest BCUT2D eigenvalue weighted by Crippen LogP contribution is -2.43. The van der Waals surface area contributed by atoms with Gasteiger partial charge >= 0.3 is 0 Å². The van der Waals surface area contributed by atoms with Crippen LogP contribution in [-0.4, -0.2) is 43.6 Å². The summed E-state index contributed by atoms with van der Waals surface area (Å²) in [6.45, 7) is 4.11. The molecule has 112 valence electrons. The van der Waals surface area contributed by atoms with Gasteiger partial charge in [0.15, 0.2) is 0 Å². The normalized spacial score (nSPS) is 17.4. The molecule has 1 saturated heterocycles. The highest BCUT2D eigenvalue weighted by molar-refractivity contribution is 5.85. The van der Waals surface area contributed by atoms with Crippen molar-refractivity contribution in [3.05, 3.63) is 29.8 Å². The van der Waals surface area contributed by atoms with Crippen LogP contribution in [0.5, 0.6) is 5.75 Å². The molecule has 1 N–H and O–H groups in total. The summed E-state index contributed by atoms with van der Waals surface area (Å²) < 4.78 is 5.71. The molecule has 1 aromatic carbocycles. The molecule has 0 aromatic heterocycles. The molecule has 0 aliphatic carbocycles. The first-order valence-electron chi connectivity index (χ1n) is 6.85. The molecule has 2 rings (SSSR count). The molecular weight excluding hydrogens is 276 g/mol. The second-order valence-electron chi connectivity index (χ2n) is 5.02. The standard InChI is InChI=1S/C15H22N2O2.ClH/c1-12-6-3-4-8-14(12)19-11-10-17(2)15(18)13-7-5-9-16-13;/h3-4,6,8,13,16H,5,7,9-11H2,1-2H3;1H. The molecule has 0 bridgehead atoms. The number of carbonyl (C=O) groups excluding carboxylic acids is 1. The molecule has 0 spiro atoms. The van der Waals surface area contributed by atoms with E-state index in [0.717, 1.165) is 30.7 Å². The van der Waals surface area contributed by atoms with Crippen LogP contribution in [0.3, 0.4) is 0 Å². The lowest BCUT2D eigenvalue weighted by Gasteiger charge is -2.21.